The van der Waals surface area contributed by atoms with Crippen molar-refractivity contribution in [3.05, 3.63) is 42.1 Å². The van der Waals surface area contributed by atoms with Crippen LogP contribution in [-0.4, -0.2) is 34.1 Å². The van der Waals surface area contributed by atoms with E-state index in [2.05, 4.69) is 10.3 Å². The number of carbonyl (C=O) groups excluding carboxylic acids is 2. The lowest BCUT2D eigenvalue weighted by Gasteiger charge is -2.19. The van der Waals surface area contributed by atoms with Crippen molar-refractivity contribution in [1.82, 2.24) is 10.3 Å². The number of hydrogen-bond donors (Lipinski definition) is 3. The van der Waals surface area contributed by atoms with Gasteiger partial charge in [0.1, 0.15) is 12.1 Å². The third-order valence-electron chi connectivity index (χ3n) is 3.73. The first kappa shape index (κ1) is 17.9. The fraction of sp³-hybridized carbons (Fsp3) is 0.389. The van der Waals surface area contributed by atoms with E-state index in [0.717, 1.165) is 10.9 Å². The smallest absolute Gasteiger partial charge is 0.249 e. The molecule has 2 aromatic rings. The molecule has 0 saturated heterocycles. The number of nitrogens with two attached hydrogens (primary N) is 1. The molecule has 6 heteroatoms. The van der Waals surface area contributed by atoms with Gasteiger partial charge >= 0.3 is 0 Å². The first-order valence-electron chi connectivity index (χ1n) is 7.99. The molecule has 0 saturated carbocycles. The molecule has 2 atom stereocenters. The van der Waals surface area contributed by atoms with Crippen molar-refractivity contribution in [1.29, 1.82) is 0 Å². The number of rotatable bonds is 7. The number of para-hydroxylation sites is 1. The standard InChI is InChI=1S/C18H23N3O3/c1-11(2)9-16(22)18(24)21-15(17(19)23)10-13-8-7-12-5-3-4-6-14(12)20-13/h3-8,11,15-16,22H,9-10H2,1-2H3,(H2,19,23)(H,21,24)/t15-,16-/m1/s1. The summed E-state index contributed by atoms with van der Waals surface area (Å²) in [5.74, 6) is -1.08. The second kappa shape index (κ2) is 7.88. The van der Waals surface area contributed by atoms with Gasteiger partial charge in [0.2, 0.25) is 11.8 Å². The fourth-order valence-electron chi connectivity index (χ4n) is 2.48. The fourth-order valence-corrected chi connectivity index (χ4v) is 2.48. The van der Waals surface area contributed by atoms with E-state index < -0.39 is 24.0 Å². The van der Waals surface area contributed by atoms with Gasteiger partial charge in [0.05, 0.1) is 5.52 Å². The Morgan fingerprint density at radius 2 is 1.92 bits per heavy atom. The van der Waals surface area contributed by atoms with Gasteiger partial charge < -0.3 is 16.2 Å². The van der Waals surface area contributed by atoms with E-state index in [1.54, 1.807) is 6.07 Å². The van der Waals surface area contributed by atoms with Crippen molar-refractivity contribution in [2.45, 2.75) is 38.8 Å². The summed E-state index contributed by atoms with van der Waals surface area (Å²) in [4.78, 5) is 28.1. The van der Waals surface area contributed by atoms with Gasteiger partial charge in [-0.3, -0.25) is 14.6 Å². The van der Waals surface area contributed by atoms with E-state index in [4.69, 9.17) is 5.73 Å². The van der Waals surface area contributed by atoms with E-state index >= 15 is 0 Å². The Bertz CT molecular complexity index is 730. The van der Waals surface area contributed by atoms with Gasteiger partial charge in [0.25, 0.3) is 0 Å². The van der Waals surface area contributed by atoms with Crippen LogP contribution < -0.4 is 11.1 Å². The van der Waals surface area contributed by atoms with E-state index in [0.29, 0.717) is 12.1 Å². The highest BCUT2D eigenvalue weighted by molar-refractivity contribution is 5.88. The zero-order valence-corrected chi connectivity index (χ0v) is 13.9. The predicted octanol–water partition coefficient (Wildman–Crippen LogP) is 1.15. The van der Waals surface area contributed by atoms with E-state index in [1.807, 2.05) is 44.2 Å². The minimum atomic E-state index is -1.16. The molecule has 1 aromatic heterocycles. The summed E-state index contributed by atoms with van der Waals surface area (Å²) in [5.41, 5.74) is 6.84. The molecule has 0 fully saturated rings. The van der Waals surface area contributed by atoms with E-state index in [9.17, 15) is 14.7 Å². The van der Waals surface area contributed by atoms with Crippen molar-refractivity contribution in [2.24, 2.45) is 11.7 Å². The number of aromatic nitrogens is 1. The molecule has 1 heterocycles. The van der Waals surface area contributed by atoms with Crippen molar-refractivity contribution >= 4 is 22.7 Å². The van der Waals surface area contributed by atoms with Crippen LogP contribution in [0.3, 0.4) is 0 Å². The lowest BCUT2D eigenvalue weighted by molar-refractivity contribution is -0.133. The molecule has 2 amide bonds. The van der Waals surface area contributed by atoms with Gasteiger partial charge in [-0.2, -0.15) is 0 Å². The number of primary amides is 1. The molecule has 2 rings (SSSR count). The molecule has 128 valence electrons. The van der Waals surface area contributed by atoms with Crippen molar-refractivity contribution in [3.63, 3.8) is 0 Å². The van der Waals surface area contributed by atoms with Gasteiger partial charge in [-0.25, -0.2) is 0 Å². The third-order valence-corrected chi connectivity index (χ3v) is 3.73. The maximum Gasteiger partial charge on any atom is 0.249 e. The van der Waals surface area contributed by atoms with Crippen LogP contribution in [0, 0.1) is 5.92 Å². The number of nitrogens with one attached hydrogen (secondary N) is 1. The molecule has 24 heavy (non-hydrogen) atoms. The number of aliphatic hydroxyl groups excluding tert-OH is 1. The number of benzene rings is 1. The number of aliphatic hydroxyl groups is 1. The topological polar surface area (TPSA) is 105 Å². The maximum absolute atomic E-state index is 12.0. The summed E-state index contributed by atoms with van der Waals surface area (Å²) >= 11 is 0. The van der Waals surface area contributed by atoms with Crippen molar-refractivity contribution in [3.8, 4) is 0 Å². The monoisotopic (exact) mass is 329 g/mol. The van der Waals surface area contributed by atoms with Gasteiger partial charge in [0, 0.05) is 17.5 Å². The van der Waals surface area contributed by atoms with Crippen LogP contribution in [0.4, 0.5) is 0 Å². The van der Waals surface area contributed by atoms with Crippen molar-refractivity contribution in [2.75, 3.05) is 0 Å². The van der Waals surface area contributed by atoms with Crippen molar-refractivity contribution < 1.29 is 14.7 Å². The molecule has 0 unspecified atom stereocenters. The van der Waals surface area contributed by atoms with Gasteiger partial charge in [0.15, 0.2) is 0 Å². The molecule has 0 aliphatic rings. The Kier molecular flexibility index (Phi) is 5.87. The summed E-state index contributed by atoms with van der Waals surface area (Å²) < 4.78 is 0. The molecule has 4 N–H and O–H groups in total. The minimum Gasteiger partial charge on any atom is -0.383 e. The molecule has 0 aliphatic carbocycles. The molecule has 0 aliphatic heterocycles. The molecule has 0 bridgehead atoms. The summed E-state index contributed by atoms with van der Waals surface area (Å²) in [5, 5.41) is 13.4. The lowest BCUT2D eigenvalue weighted by atomic mass is 10.0. The SMILES string of the molecule is CC(C)C[C@@H](O)C(=O)N[C@H](Cc1ccc2ccccc2n1)C(N)=O. The third kappa shape index (κ3) is 4.76. The largest absolute Gasteiger partial charge is 0.383 e. The lowest BCUT2D eigenvalue weighted by Crippen LogP contribution is -2.49. The average molecular weight is 329 g/mol. The number of nitrogens with zero attached hydrogens (tertiary/aromatic N) is 1. The predicted molar refractivity (Wildman–Crippen MR) is 92.0 cm³/mol. The second-order valence-corrected chi connectivity index (χ2v) is 6.31. The Morgan fingerprint density at radius 3 is 2.58 bits per heavy atom. The highest BCUT2D eigenvalue weighted by Gasteiger charge is 2.24. The van der Waals surface area contributed by atoms with E-state index in [1.165, 1.54) is 0 Å². The van der Waals surface area contributed by atoms with Crippen LogP contribution in [0.2, 0.25) is 0 Å². The molecule has 0 radical (unpaired) electrons. The van der Waals surface area contributed by atoms with E-state index in [-0.39, 0.29) is 12.3 Å². The first-order valence-corrected chi connectivity index (χ1v) is 7.99. The Morgan fingerprint density at radius 1 is 1.21 bits per heavy atom. The number of pyridine rings is 1. The summed E-state index contributed by atoms with van der Waals surface area (Å²) in [6.45, 7) is 3.81. The summed E-state index contributed by atoms with van der Waals surface area (Å²) in [6, 6.07) is 10.4. The average Bonchev–Trinajstić information content (AvgIpc) is 2.53. The number of amides is 2. The second-order valence-electron chi connectivity index (χ2n) is 6.31. The maximum atomic E-state index is 12.0. The minimum absolute atomic E-state index is 0.167. The van der Waals surface area contributed by atoms with Crippen LogP contribution in [0.25, 0.3) is 10.9 Å². The van der Waals surface area contributed by atoms with Gasteiger partial charge in [-0.1, -0.05) is 38.1 Å². The molecule has 1 aromatic carbocycles. The highest BCUT2D eigenvalue weighted by Crippen LogP contribution is 2.13. The highest BCUT2D eigenvalue weighted by atomic mass is 16.3. The number of fused-ring (bicyclic) bond motifs is 1. The van der Waals surface area contributed by atoms with Crippen LogP contribution in [0.1, 0.15) is 26.0 Å². The van der Waals surface area contributed by atoms with Crippen LogP contribution in [-0.2, 0) is 16.0 Å². The van der Waals surface area contributed by atoms with Crippen LogP contribution in [0.15, 0.2) is 36.4 Å². The zero-order valence-electron chi connectivity index (χ0n) is 13.9. The molecule has 6 nitrogen and oxygen atoms in total. The number of hydrogen-bond acceptors (Lipinski definition) is 4. The van der Waals surface area contributed by atoms with Gasteiger partial charge in [-0.05, 0) is 24.5 Å². The quantitative estimate of drug-likeness (QED) is 0.708. The summed E-state index contributed by atoms with van der Waals surface area (Å²) in [6.07, 6.45) is -0.650. The first-order chi connectivity index (χ1) is 11.4. The van der Waals surface area contributed by atoms with Crippen LogP contribution in [0.5, 0.6) is 0 Å². The van der Waals surface area contributed by atoms with Gasteiger partial charge in [-0.15, -0.1) is 0 Å². The molecular formula is C18H23N3O3. The zero-order chi connectivity index (χ0) is 17.7. The normalized spacial score (nSPS) is 13.7. The summed E-state index contributed by atoms with van der Waals surface area (Å²) in [7, 11) is 0. The number of carbonyl (C=O) groups is 2. The molecule has 0 spiro atoms. The Labute approximate surface area is 141 Å². The van der Waals surface area contributed by atoms with Crippen LogP contribution >= 0.6 is 0 Å². The Hall–Kier alpha value is -2.47. The molecular weight excluding hydrogens is 306 g/mol. The Balaban J connectivity index is 2.09.